The number of carbonyl (C=O) groups is 1. The van der Waals surface area contributed by atoms with Crippen LogP contribution in [-0.4, -0.2) is 38.2 Å². The lowest BCUT2D eigenvalue weighted by molar-refractivity contribution is -0.117. The first kappa shape index (κ1) is 14.0. The summed E-state index contributed by atoms with van der Waals surface area (Å²) in [5.41, 5.74) is 8.93. The summed E-state index contributed by atoms with van der Waals surface area (Å²) < 4.78 is 10.2. The van der Waals surface area contributed by atoms with E-state index in [4.69, 9.17) is 15.0 Å². The third-order valence-electron chi connectivity index (χ3n) is 3.12. The van der Waals surface area contributed by atoms with E-state index in [1.807, 2.05) is 0 Å². The summed E-state index contributed by atoms with van der Waals surface area (Å²) in [5, 5.41) is 3.52. The first-order valence-electron chi connectivity index (χ1n) is 6.09. The summed E-state index contributed by atoms with van der Waals surface area (Å²) in [6.07, 6.45) is 0.355. The van der Waals surface area contributed by atoms with Gasteiger partial charge in [-0.15, -0.1) is 0 Å². The van der Waals surface area contributed by atoms with Gasteiger partial charge >= 0.3 is 0 Å². The van der Waals surface area contributed by atoms with Gasteiger partial charge in [0.25, 0.3) is 0 Å². The van der Waals surface area contributed by atoms with Crippen molar-refractivity contribution < 1.29 is 14.3 Å². The second-order valence-corrected chi connectivity index (χ2v) is 4.37. The van der Waals surface area contributed by atoms with E-state index in [0.717, 1.165) is 0 Å². The number of aromatic nitrogens is 1. The Morgan fingerprint density at radius 1 is 1.50 bits per heavy atom. The normalized spacial score (nSPS) is 17.8. The van der Waals surface area contributed by atoms with Gasteiger partial charge in [-0.3, -0.25) is 4.79 Å². The number of carbonyl (C=O) groups excluding carboxylic acids is 1. The van der Waals surface area contributed by atoms with Crippen molar-refractivity contribution in [3.63, 3.8) is 0 Å². The zero-order valence-corrected chi connectivity index (χ0v) is 11.3. The van der Waals surface area contributed by atoms with Crippen molar-refractivity contribution in [3.05, 3.63) is 22.6 Å². The van der Waals surface area contributed by atoms with Crippen molar-refractivity contribution >= 4 is 11.6 Å². The van der Waals surface area contributed by atoms with Crippen molar-refractivity contribution in [1.82, 2.24) is 4.98 Å². The lowest BCUT2D eigenvalue weighted by Crippen LogP contribution is -2.25. The molecule has 0 spiro atoms. The van der Waals surface area contributed by atoms with Crippen LogP contribution in [0.3, 0.4) is 0 Å². The number of methoxy groups -OCH3 is 2. The predicted molar refractivity (Wildman–Crippen MR) is 71.8 cm³/mol. The minimum Gasteiger partial charge on any atom is -0.481 e. The zero-order chi connectivity index (χ0) is 14.5. The lowest BCUT2D eigenvalue weighted by Gasteiger charge is -2.19. The highest BCUT2D eigenvalue weighted by Gasteiger charge is 2.32. The number of ether oxygens (including phenoxy) is 2. The third kappa shape index (κ3) is 2.75. The Morgan fingerprint density at radius 2 is 2.30 bits per heavy atom. The van der Waals surface area contributed by atoms with E-state index in [0.29, 0.717) is 37.0 Å². The SMILES string of the molecule is COc1ccc(N2CC(CN=[N+]=[N-])CC2=O)c(OC)n1. The molecule has 1 fully saturated rings. The van der Waals surface area contributed by atoms with Gasteiger partial charge in [0, 0.05) is 30.5 Å². The average molecular weight is 277 g/mol. The Morgan fingerprint density at radius 3 is 2.95 bits per heavy atom. The van der Waals surface area contributed by atoms with Gasteiger partial charge in [0.15, 0.2) is 0 Å². The highest BCUT2D eigenvalue weighted by molar-refractivity contribution is 5.96. The summed E-state index contributed by atoms with van der Waals surface area (Å²) in [5.74, 6) is 0.739. The highest BCUT2D eigenvalue weighted by atomic mass is 16.5. The van der Waals surface area contributed by atoms with Crippen LogP contribution in [0.15, 0.2) is 17.2 Å². The number of anilines is 1. The molecule has 1 amide bonds. The smallest absolute Gasteiger partial charge is 0.241 e. The van der Waals surface area contributed by atoms with Crippen LogP contribution in [0.5, 0.6) is 11.8 Å². The van der Waals surface area contributed by atoms with E-state index >= 15 is 0 Å². The van der Waals surface area contributed by atoms with Crippen LogP contribution < -0.4 is 14.4 Å². The number of azide groups is 1. The van der Waals surface area contributed by atoms with Crippen molar-refractivity contribution in [1.29, 1.82) is 0 Å². The number of hydrogen-bond acceptors (Lipinski definition) is 5. The third-order valence-corrected chi connectivity index (χ3v) is 3.12. The van der Waals surface area contributed by atoms with Gasteiger partial charge in [-0.05, 0) is 17.5 Å². The number of nitrogens with zero attached hydrogens (tertiary/aromatic N) is 5. The van der Waals surface area contributed by atoms with Gasteiger partial charge in [0.1, 0.15) is 5.69 Å². The molecule has 0 N–H and O–H groups in total. The van der Waals surface area contributed by atoms with Gasteiger partial charge in [-0.2, -0.15) is 4.98 Å². The average Bonchev–Trinajstić information content (AvgIpc) is 2.85. The molecule has 1 aliphatic heterocycles. The van der Waals surface area contributed by atoms with Crippen LogP contribution in [0, 0.1) is 5.92 Å². The molecule has 0 saturated carbocycles. The summed E-state index contributed by atoms with van der Waals surface area (Å²) in [4.78, 5) is 20.5. The van der Waals surface area contributed by atoms with Crippen molar-refractivity contribution in [2.24, 2.45) is 11.0 Å². The second kappa shape index (κ2) is 6.12. The van der Waals surface area contributed by atoms with Crippen LogP contribution in [-0.2, 0) is 4.79 Å². The Bertz CT molecular complexity index is 556. The Balaban J connectivity index is 2.23. The molecule has 8 nitrogen and oxygen atoms in total. The monoisotopic (exact) mass is 277 g/mol. The zero-order valence-electron chi connectivity index (χ0n) is 11.3. The van der Waals surface area contributed by atoms with Crippen LogP contribution in [0.2, 0.25) is 0 Å². The standard InChI is InChI=1S/C12H15N5O3/c1-19-10-4-3-9(12(15-10)20-2)17-7-8(5-11(17)18)6-14-16-13/h3-4,8H,5-7H2,1-2H3. The maximum atomic E-state index is 12.0. The van der Waals surface area contributed by atoms with Crippen LogP contribution in [0.4, 0.5) is 5.69 Å². The molecule has 106 valence electrons. The molecule has 2 rings (SSSR count). The highest BCUT2D eigenvalue weighted by Crippen LogP contribution is 2.33. The van der Waals surface area contributed by atoms with Gasteiger partial charge < -0.3 is 14.4 Å². The van der Waals surface area contributed by atoms with Crippen LogP contribution in [0.25, 0.3) is 10.4 Å². The summed E-state index contributed by atoms with van der Waals surface area (Å²) in [7, 11) is 3.00. The topological polar surface area (TPSA) is 100 Å². The molecule has 20 heavy (non-hydrogen) atoms. The molecule has 0 bridgehead atoms. The summed E-state index contributed by atoms with van der Waals surface area (Å²) in [6.45, 7) is 0.798. The molecule has 1 aliphatic rings. The fourth-order valence-electron chi connectivity index (χ4n) is 2.17. The Labute approximate surface area is 115 Å². The Hall–Kier alpha value is -2.47. The second-order valence-electron chi connectivity index (χ2n) is 4.37. The van der Waals surface area contributed by atoms with E-state index in [1.165, 1.54) is 14.2 Å². The molecule has 1 unspecified atom stereocenters. The van der Waals surface area contributed by atoms with Crippen LogP contribution in [0.1, 0.15) is 6.42 Å². The van der Waals surface area contributed by atoms with Gasteiger partial charge in [-0.1, -0.05) is 5.11 Å². The van der Waals surface area contributed by atoms with Crippen LogP contribution >= 0.6 is 0 Å². The van der Waals surface area contributed by atoms with E-state index < -0.39 is 0 Å². The quantitative estimate of drug-likeness (QED) is 0.465. The predicted octanol–water partition coefficient (Wildman–Crippen LogP) is 1.76. The molecule has 1 saturated heterocycles. The minimum absolute atomic E-state index is 0.0187. The van der Waals surface area contributed by atoms with Crippen molar-refractivity contribution in [2.45, 2.75) is 6.42 Å². The molecule has 1 aromatic rings. The molecule has 8 heteroatoms. The molecule has 1 atom stereocenters. The summed E-state index contributed by atoms with van der Waals surface area (Å²) in [6, 6.07) is 3.41. The fraction of sp³-hybridized carbons (Fsp3) is 0.500. The van der Waals surface area contributed by atoms with Gasteiger partial charge in [0.05, 0.1) is 14.2 Å². The van der Waals surface area contributed by atoms with Crippen molar-refractivity contribution in [3.8, 4) is 11.8 Å². The van der Waals surface area contributed by atoms with Gasteiger partial charge in [0.2, 0.25) is 17.7 Å². The molecular formula is C12H15N5O3. The minimum atomic E-state index is -0.0339. The molecule has 1 aromatic heterocycles. The number of pyridine rings is 1. The first-order chi connectivity index (χ1) is 9.69. The van der Waals surface area contributed by atoms with Crippen molar-refractivity contribution in [2.75, 3.05) is 32.2 Å². The Kier molecular flexibility index (Phi) is 4.27. The molecule has 0 aliphatic carbocycles. The molecular weight excluding hydrogens is 262 g/mol. The molecule has 2 heterocycles. The largest absolute Gasteiger partial charge is 0.481 e. The van der Waals surface area contributed by atoms with E-state index in [1.54, 1.807) is 17.0 Å². The maximum Gasteiger partial charge on any atom is 0.241 e. The number of amides is 1. The number of hydrogen-bond donors (Lipinski definition) is 0. The first-order valence-corrected chi connectivity index (χ1v) is 6.09. The number of rotatable bonds is 5. The van der Waals surface area contributed by atoms with Gasteiger partial charge in [-0.25, -0.2) is 0 Å². The molecule has 0 aromatic carbocycles. The van der Waals surface area contributed by atoms with E-state index in [9.17, 15) is 4.79 Å². The van der Waals surface area contributed by atoms with E-state index in [2.05, 4.69) is 15.0 Å². The summed E-state index contributed by atoms with van der Waals surface area (Å²) >= 11 is 0. The van der Waals surface area contributed by atoms with E-state index in [-0.39, 0.29) is 11.8 Å². The lowest BCUT2D eigenvalue weighted by atomic mass is 10.1. The maximum absolute atomic E-state index is 12.0. The molecule has 0 radical (unpaired) electrons. The fourth-order valence-corrected chi connectivity index (χ4v) is 2.17.